The fourth-order valence-electron chi connectivity index (χ4n) is 2.18. The SMILES string of the molecule is C=CCCSc1nnc(-c2ccccc2)n1-c1ccccc1. The molecule has 3 rings (SSSR count). The monoisotopic (exact) mass is 307 g/mol. The number of thioether (sulfide) groups is 1. The molecule has 0 N–H and O–H groups in total. The third kappa shape index (κ3) is 3.12. The lowest BCUT2D eigenvalue weighted by molar-refractivity contribution is 0.885. The van der Waals surface area contributed by atoms with E-state index < -0.39 is 0 Å². The first-order valence-corrected chi connectivity index (χ1v) is 8.18. The smallest absolute Gasteiger partial charge is 0.196 e. The molecule has 0 amide bonds. The summed E-state index contributed by atoms with van der Waals surface area (Å²) in [5, 5.41) is 9.70. The Morgan fingerprint density at radius 1 is 0.955 bits per heavy atom. The van der Waals surface area contributed by atoms with Crippen LogP contribution in [-0.4, -0.2) is 20.5 Å². The number of nitrogens with zero attached hydrogens (tertiary/aromatic N) is 3. The molecular formula is C18H17N3S. The quantitative estimate of drug-likeness (QED) is 0.379. The Kier molecular flexibility index (Phi) is 4.71. The van der Waals surface area contributed by atoms with E-state index >= 15 is 0 Å². The van der Waals surface area contributed by atoms with Gasteiger partial charge in [0.15, 0.2) is 11.0 Å². The van der Waals surface area contributed by atoms with Crippen LogP contribution in [0.1, 0.15) is 6.42 Å². The van der Waals surface area contributed by atoms with Crippen LogP contribution in [0.2, 0.25) is 0 Å². The molecule has 110 valence electrons. The van der Waals surface area contributed by atoms with E-state index in [0.717, 1.165) is 34.4 Å². The number of rotatable bonds is 6. The van der Waals surface area contributed by atoms with Gasteiger partial charge >= 0.3 is 0 Å². The van der Waals surface area contributed by atoms with Crippen LogP contribution in [0.25, 0.3) is 17.1 Å². The highest BCUT2D eigenvalue weighted by Gasteiger charge is 2.15. The highest BCUT2D eigenvalue weighted by Crippen LogP contribution is 2.27. The summed E-state index contributed by atoms with van der Waals surface area (Å²) in [5.41, 5.74) is 2.14. The second-order valence-corrected chi connectivity index (χ2v) is 5.83. The largest absolute Gasteiger partial charge is 0.270 e. The standard InChI is InChI=1S/C18H17N3S/c1-2-3-14-22-18-20-19-17(15-10-6-4-7-11-15)21(18)16-12-8-5-9-13-16/h2,4-13H,1,3,14H2. The molecule has 1 heterocycles. The van der Waals surface area contributed by atoms with Crippen molar-refractivity contribution in [2.45, 2.75) is 11.6 Å². The van der Waals surface area contributed by atoms with Crippen molar-refractivity contribution < 1.29 is 0 Å². The van der Waals surface area contributed by atoms with Gasteiger partial charge in [0.25, 0.3) is 0 Å². The molecule has 4 heteroatoms. The van der Waals surface area contributed by atoms with Crippen LogP contribution in [0.4, 0.5) is 0 Å². The number of allylic oxidation sites excluding steroid dienone is 1. The maximum atomic E-state index is 4.41. The van der Waals surface area contributed by atoms with Crippen LogP contribution in [0.15, 0.2) is 78.5 Å². The number of aromatic nitrogens is 3. The lowest BCUT2D eigenvalue weighted by atomic mass is 10.2. The summed E-state index contributed by atoms with van der Waals surface area (Å²) in [7, 11) is 0. The molecule has 3 nitrogen and oxygen atoms in total. The lowest BCUT2D eigenvalue weighted by Crippen LogP contribution is -1.99. The Labute approximate surface area is 134 Å². The minimum atomic E-state index is 0.868. The van der Waals surface area contributed by atoms with Gasteiger partial charge in [0.05, 0.1) is 0 Å². The maximum absolute atomic E-state index is 4.41. The van der Waals surface area contributed by atoms with E-state index in [4.69, 9.17) is 0 Å². The van der Waals surface area contributed by atoms with E-state index in [1.165, 1.54) is 0 Å². The first kappa shape index (κ1) is 14.6. The van der Waals surface area contributed by atoms with Crippen molar-refractivity contribution in [1.82, 2.24) is 14.8 Å². The molecule has 2 aromatic carbocycles. The molecular weight excluding hydrogens is 290 g/mol. The van der Waals surface area contributed by atoms with Gasteiger partial charge in [0, 0.05) is 17.0 Å². The van der Waals surface area contributed by atoms with Gasteiger partial charge in [-0.3, -0.25) is 4.57 Å². The van der Waals surface area contributed by atoms with Crippen molar-refractivity contribution in [2.75, 3.05) is 5.75 Å². The molecule has 0 saturated carbocycles. The summed E-state index contributed by atoms with van der Waals surface area (Å²) in [4.78, 5) is 0. The van der Waals surface area contributed by atoms with Gasteiger partial charge in [-0.2, -0.15) is 0 Å². The van der Waals surface area contributed by atoms with Crippen molar-refractivity contribution >= 4 is 11.8 Å². The van der Waals surface area contributed by atoms with E-state index in [2.05, 4.69) is 45.6 Å². The molecule has 3 aromatic rings. The van der Waals surface area contributed by atoms with E-state index in [9.17, 15) is 0 Å². The number of para-hydroxylation sites is 1. The van der Waals surface area contributed by atoms with Crippen molar-refractivity contribution in [2.24, 2.45) is 0 Å². The predicted octanol–water partition coefficient (Wildman–Crippen LogP) is 4.60. The molecule has 0 atom stereocenters. The average molecular weight is 307 g/mol. The van der Waals surface area contributed by atoms with Gasteiger partial charge in [-0.05, 0) is 18.6 Å². The zero-order valence-electron chi connectivity index (χ0n) is 12.2. The van der Waals surface area contributed by atoms with Crippen molar-refractivity contribution in [3.63, 3.8) is 0 Å². The maximum Gasteiger partial charge on any atom is 0.196 e. The predicted molar refractivity (Wildman–Crippen MR) is 92.3 cm³/mol. The van der Waals surface area contributed by atoms with Crippen LogP contribution < -0.4 is 0 Å². The minimum Gasteiger partial charge on any atom is -0.270 e. The summed E-state index contributed by atoms with van der Waals surface area (Å²) in [5.74, 6) is 1.82. The van der Waals surface area contributed by atoms with E-state index in [1.54, 1.807) is 11.8 Å². The third-order valence-electron chi connectivity index (χ3n) is 3.23. The van der Waals surface area contributed by atoms with E-state index in [0.29, 0.717) is 0 Å². The molecule has 0 fully saturated rings. The second kappa shape index (κ2) is 7.09. The Morgan fingerprint density at radius 2 is 1.64 bits per heavy atom. The topological polar surface area (TPSA) is 30.7 Å². The molecule has 0 unspecified atom stereocenters. The Hall–Kier alpha value is -2.33. The van der Waals surface area contributed by atoms with Gasteiger partial charge in [-0.25, -0.2) is 0 Å². The molecule has 22 heavy (non-hydrogen) atoms. The Morgan fingerprint density at radius 3 is 2.32 bits per heavy atom. The van der Waals surface area contributed by atoms with E-state index in [1.807, 2.05) is 42.5 Å². The zero-order chi connectivity index (χ0) is 15.2. The summed E-state index contributed by atoms with van der Waals surface area (Å²) in [6, 6.07) is 20.4. The first-order valence-electron chi connectivity index (χ1n) is 7.20. The minimum absolute atomic E-state index is 0.868. The lowest BCUT2D eigenvalue weighted by Gasteiger charge is -2.09. The molecule has 0 bridgehead atoms. The van der Waals surface area contributed by atoms with Crippen molar-refractivity contribution in [3.05, 3.63) is 73.3 Å². The molecule has 0 saturated heterocycles. The average Bonchev–Trinajstić information content (AvgIpc) is 3.01. The van der Waals surface area contributed by atoms with Gasteiger partial charge in [-0.15, -0.1) is 16.8 Å². The molecule has 0 aliphatic carbocycles. The van der Waals surface area contributed by atoms with Gasteiger partial charge in [0.1, 0.15) is 0 Å². The molecule has 0 radical (unpaired) electrons. The summed E-state index contributed by atoms with van der Waals surface area (Å²) >= 11 is 1.70. The number of hydrogen-bond acceptors (Lipinski definition) is 3. The molecule has 0 aliphatic rings. The highest BCUT2D eigenvalue weighted by molar-refractivity contribution is 7.99. The molecule has 0 spiro atoms. The van der Waals surface area contributed by atoms with Crippen molar-refractivity contribution in [1.29, 1.82) is 0 Å². The summed E-state index contributed by atoms with van der Waals surface area (Å²) in [6.07, 6.45) is 2.88. The Bertz CT molecular complexity index is 736. The van der Waals surface area contributed by atoms with Crippen LogP contribution >= 0.6 is 11.8 Å². The second-order valence-electron chi connectivity index (χ2n) is 4.77. The van der Waals surface area contributed by atoms with Crippen LogP contribution in [0.5, 0.6) is 0 Å². The zero-order valence-corrected chi connectivity index (χ0v) is 13.0. The van der Waals surface area contributed by atoms with E-state index in [-0.39, 0.29) is 0 Å². The van der Waals surface area contributed by atoms with Gasteiger partial charge in [0.2, 0.25) is 0 Å². The summed E-state index contributed by atoms with van der Waals surface area (Å²) < 4.78 is 2.11. The molecule has 1 aromatic heterocycles. The van der Waals surface area contributed by atoms with Crippen LogP contribution in [0.3, 0.4) is 0 Å². The number of hydrogen-bond donors (Lipinski definition) is 0. The van der Waals surface area contributed by atoms with Crippen LogP contribution in [0, 0.1) is 0 Å². The first-order chi connectivity index (χ1) is 10.9. The Balaban J connectivity index is 2.05. The normalized spacial score (nSPS) is 10.5. The van der Waals surface area contributed by atoms with Gasteiger partial charge < -0.3 is 0 Å². The third-order valence-corrected chi connectivity index (χ3v) is 4.20. The van der Waals surface area contributed by atoms with Crippen molar-refractivity contribution in [3.8, 4) is 17.1 Å². The van der Waals surface area contributed by atoms with Gasteiger partial charge in [-0.1, -0.05) is 66.4 Å². The fraction of sp³-hybridized carbons (Fsp3) is 0.111. The highest BCUT2D eigenvalue weighted by atomic mass is 32.2. The number of benzene rings is 2. The van der Waals surface area contributed by atoms with Crippen LogP contribution in [-0.2, 0) is 0 Å². The molecule has 0 aliphatic heterocycles. The summed E-state index contributed by atoms with van der Waals surface area (Å²) in [6.45, 7) is 3.77. The fourth-order valence-corrected chi connectivity index (χ4v) is 3.07.